The molecule has 1 aliphatic heterocycles. The smallest absolute Gasteiger partial charge is 0.408 e. The number of carbonyl (C=O) groups excluding carboxylic acids is 2. The van der Waals surface area contributed by atoms with Crippen molar-refractivity contribution in [1.82, 2.24) is 14.9 Å². The molecule has 39 heavy (non-hydrogen) atoms. The van der Waals surface area contributed by atoms with Crippen molar-refractivity contribution < 1.29 is 37.4 Å². The lowest BCUT2D eigenvalue weighted by atomic mass is 10.1. The number of hydrogen-bond acceptors (Lipinski definition) is 11. The van der Waals surface area contributed by atoms with E-state index in [-0.39, 0.29) is 43.6 Å². The number of nitrogens with one attached hydrogen (secondary N) is 1. The Kier molecular flexibility index (Phi) is 9.76. The maximum atomic E-state index is 13.0. The summed E-state index contributed by atoms with van der Waals surface area (Å²) in [6.45, 7) is 8.68. The van der Waals surface area contributed by atoms with Gasteiger partial charge in [-0.05, 0) is 58.4 Å². The molecule has 1 aliphatic rings. The first-order valence-corrected chi connectivity index (χ1v) is 14.1. The minimum absolute atomic E-state index is 0.0534. The molecule has 0 saturated carbocycles. The summed E-state index contributed by atoms with van der Waals surface area (Å²) in [5.41, 5.74) is 4.93. The van der Waals surface area contributed by atoms with E-state index in [1.54, 1.807) is 58.9 Å². The molecule has 0 bridgehead atoms. The molecule has 1 aromatic heterocycles. The number of benzene rings is 1. The molecule has 1 fully saturated rings. The molecular weight excluding hydrogens is 531 g/mol. The van der Waals surface area contributed by atoms with E-state index in [1.807, 2.05) is 0 Å². The predicted molar refractivity (Wildman–Crippen MR) is 141 cm³/mol. The van der Waals surface area contributed by atoms with E-state index >= 15 is 0 Å². The van der Waals surface area contributed by atoms with Crippen LogP contribution < -0.4 is 21.3 Å². The second kappa shape index (κ2) is 12.6. The summed E-state index contributed by atoms with van der Waals surface area (Å²) in [5, 5.41) is 2.56. The molecule has 1 unspecified atom stereocenters. The van der Waals surface area contributed by atoms with Gasteiger partial charge < -0.3 is 29.8 Å². The molecular formula is C25H35N4O9P. The van der Waals surface area contributed by atoms with Crippen molar-refractivity contribution in [2.45, 2.75) is 71.4 Å². The van der Waals surface area contributed by atoms with Crippen molar-refractivity contribution in [3.05, 3.63) is 52.6 Å². The number of nitrogen functional groups attached to an aromatic ring is 1. The van der Waals surface area contributed by atoms with Gasteiger partial charge in [0.2, 0.25) is 0 Å². The van der Waals surface area contributed by atoms with Crippen LogP contribution in [0.25, 0.3) is 0 Å². The van der Waals surface area contributed by atoms with Crippen LogP contribution in [-0.4, -0.2) is 58.4 Å². The highest BCUT2D eigenvalue weighted by Crippen LogP contribution is 2.50. The first kappa shape index (κ1) is 30.1. The molecule has 0 spiro atoms. The summed E-state index contributed by atoms with van der Waals surface area (Å²) in [5.74, 6) is -0.212. The van der Waals surface area contributed by atoms with Crippen molar-refractivity contribution in [3.8, 4) is 5.75 Å². The largest absolute Gasteiger partial charge is 0.461 e. The Morgan fingerprint density at radius 3 is 2.49 bits per heavy atom. The van der Waals surface area contributed by atoms with Crippen LogP contribution in [0.4, 0.5) is 10.6 Å². The average Bonchev–Trinajstić information content (AvgIpc) is 2.81. The van der Waals surface area contributed by atoms with Crippen LogP contribution in [-0.2, 0) is 41.1 Å². The zero-order valence-corrected chi connectivity index (χ0v) is 23.5. The summed E-state index contributed by atoms with van der Waals surface area (Å²) >= 11 is 0. The number of ether oxygens (including phenoxy) is 3. The van der Waals surface area contributed by atoms with Crippen LogP contribution in [0.2, 0.25) is 0 Å². The minimum Gasteiger partial charge on any atom is -0.461 e. The van der Waals surface area contributed by atoms with Gasteiger partial charge in [-0.15, -0.1) is 0 Å². The van der Waals surface area contributed by atoms with Gasteiger partial charge in [0.05, 0.1) is 19.3 Å². The molecule has 13 nitrogen and oxygen atoms in total. The summed E-state index contributed by atoms with van der Waals surface area (Å²) < 4.78 is 41.6. The molecule has 1 saturated heterocycles. The monoisotopic (exact) mass is 566 g/mol. The Bertz CT molecular complexity index is 1250. The van der Waals surface area contributed by atoms with E-state index in [0.29, 0.717) is 5.56 Å². The average molecular weight is 567 g/mol. The number of nitrogens with two attached hydrogens (primary N) is 1. The molecule has 214 valence electrons. The van der Waals surface area contributed by atoms with Crippen LogP contribution in [0.1, 0.15) is 40.2 Å². The summed E-state index contributed by atoms with van der Waals surface area (Å²) in [6.07, 6.45) is -0.313. The highest BCUT2D eigenvalue weighted by atomic mass is 31.2. The fraction of sp³-hybridized carbons (Fsp3) is 0.520. The lowest BCUT2D eigenvalue weighted by molar-refractivity contribution is -0.149. The Morgan fingerprint density at radius 1 is 1.23 bits per heavy atom. The van der Waals surface area contributed by atoms with Crippen molar-refractivity contribution in [1.29, 1.82) is 0 Å². The molecule has 1 amide bonds. The molecule has 0 aliphatic carbocycles. The van der Waals surface area contributed by atoms with Gasteiger partial charge in [-0.2, -0.15) is 4.98 Å². The third-order valence-corrected chi connectivity index (χ3v) is 6.65. The van der Waals surface area contributed by atoms with Gasteiger partial charge in [0, 0.05) is 12.6 Å². The van der Waals surface area contributed by atoms with Crippen molar-refractivity contribution in [2.75, 3.05) is 18.7 Å². The number of anilines is 1. The van der Waals surface area contributed by atoms with Gasteiger partial charge in [0.25, 0.3) is 0 Å². The summed E-state index contributed by atoms with van der Waals surface area (Å²) in [7, 11) is -3.60. The quantitative estimate of drug-likeness (QED) is 0.338. The normalized spacial score (nSPS) is 20.2. The topological polar surface area (TPSA) is 170 Å². The summed E-state index contributed by atoms with van der Waals surface area (Å²) in [4.78, 5) is 40.4. The van der Waals surface area contributed by atoms with Crippen LogP contribution in [0.15, 0.2) is 41.3 Å². The van der Waals surface area contributed by atoms with Crippen LogP contribution in [0, 0.1) is 0 Å². The zero-order valence-electron chi connectivity index (χ0n) is 22.6. The first-order chi connectivity index (χ1) is 18.2. The molecule has 2 heterocycles. The molecule has 2 aromatic rings. The number of rotatable bonds is 9. The maximum absolute atomic E-state index is 13.0. The standard InChI is InChI=1S/C25H35N4O9P/c1-16(2)36-22(30)20(27-24(32)37-25(3,4)5)12-17-6-8-18(9-7-17)38-39(33)15-34-19(14-35-39)13-29-11-10-21(26)28-23(29)31/h6-11,16,19-20H,12-15H2,1-5H3,(H,27,32)(H2,26,28,31)/t19-,20-,39?/m0/s1. The molecule has 3 atom stereocenters. The second-order valence-electron chi connectivity index (χ2n) is 10.2. The molecule has 3 rings (SSSR count). The van der Waals surface area contributed by atoms with E-state index in [2.05, 4.69) is 10.3 Å². The van der Waals surface area contributed by atoms with Crippen LogP contribution >= 0.6 is 7.60 Å². The third-order valence-electron chi connectivity index (χ3n) is 5.16. The SMILES string of the molecule is CC(C)OC(=O)[C@H](Cc1ccc(OP2(=O)CO[C@@H](Cn3ccc(N)nc3=O)CO2)cc1)NC(=O)OC(C)(C)C. The number of alkyl carbamates (subject to hydrolysis) is 1. The zero-order chi connectivity index (χ0) is 28.8. The maximum Gasteiger partial charge on any atom is 0.408 e. The molecule has 0 radical (unpaired) electrons. The van der Waals surface area contributed by atoms with Gasteiger partial charge >= 0.3 is 25.3 Å². The summed E-state index contributed by atoms with van der Waals surface area (Å²) in [6, 6.07) is 6.99. The Labute approximate surface area is 226 Å². The van der Waals surface area contributed by atoms with Gasteiger partial charge in [0.15, 0.2) is 6.35 Å². The van der Waals surface area contributed by atoms with E-state index in [4.69, 9.17) is 29.0 Å². The Hall–Kier alpha value is -3.41. The fourth-order valence-corrected chi connectivity index (χ4v) is 4.89. The number of esters is 1. The van der Waals surface area contributed by atoms with Gasteiger partial charge in [-0.25, -0.2) is 18.9 Å². The lowest BCUT2D eigenvalue weighted by Gasteiger charge is -2.29. The number of amides is 1. The Morgan fingerprint density at radius 2 is 1.92 bits per heavy atom. The highest BCUT2D eigenvalue weighted by molar-refractivity contribution is 7.54. The van der Waals surface area contributed by atoms with Gasteiger partial charge in [-0.1, -0.05) is 12.1 Å². The van der Waals surface area contributed by atoms with Gasteiger partial charge in [-0.3, -0.25) is 9.09 Å². The van der Waals surface area contributed by atoms with E-state index in [9.17, 15) is 18.9 Å². The van der Waals surface area contributed by atoms with Crippen LogP contribution in [0.3, 0.4) is 0 Å². The number of hydrogen-bond donors (Lipinski definition) is 2. The predicted octanol–water partition coefficient (Wildman–Crippen LogP) is 2.86. The Balaban J connectivity index is 1.58. The third kappa shape index (κ3) is 9.68. The lowest BCUT2D eigenvalue weighted by Crippen LogP contribution is -2.46. The molecule has 14 heteroatoms. The van der Waals surface area contributed by atoms with E-state index in [1.165, 1.54) is 16.8 Å². The number of carbonyl (C=O) groups is 2. The van der Waals surface area contributed by atoms with E-state index in [0.717, 1.165) is 0 Å². The van der Waals surface area contributed by atoms with Crippen molar-refractivity contribution in [2.24, 2.45) is 0 Å². The highest BCUT2D eigenvalue weighted by Gasteiger charge is 2.35. The molecule has 1 aromatic carbocycles. The van der Waals surface area contributed by atoms with Crippen molar-refractivity contribution in [3.63, 3.8) is 0 Å². The fourth-order valence-electron chi connectivity index (χ4n) is 3.48. The number of nitrogens with zero attached hydrogens (tertiary/aromatic N) is 2. The van der Waals surface area contributed by atoms with Crippen LogP contribution in [0.5, 0.6) is 5.75 Å². The second-order valence-corrected chi connectivity index (χ2v) is 12.2. The first-order valence-electron chi connectivity index (χ1n) is 12.4. The minimum atomic E-state index is -3.60. The molecule has 3 N–H and O–H groups in total. The van der Waals surface area contributed by atoms with Gasteiger partial charge in [0.1, 0.15) is 29.3 Å². The van der Waals surface area contributed by atoms with E-state index < -0.39 is 43.1 Å². The number of aromatic nitrogens is 2. The van der Waals surface area contributed by atoms with Crippen molar-refractivity contribution >= 4 is 25.5 Å².